The number of hydrogen-bond donors (Lipinski definition) is 1. The van der Waals surface area contributed by atoms with Crippen LogP contribution in [0.4, 0.5) is 0 Å². The van der Waals surface area contributed by atoms with Crippen molar-refractivity contribution >= 4 is 27.5 Å². The van der Waals surface area contributed by atoms with E-state index < -0.39 is 0 Å². The van der Waals surface area contributed by atoms with Crippen molar-refractivity contribution in [2.24, 2.45) is 5.41 Å². The summed E-state index contributed by atoms with van der Waals surface area (Å²) in [6.07, 6.45) is 5.40. The Kier molecular flexibility index (Phi) is 4.74. The van der Waals surface area contributed by atoms with Gasteiger partial charge in [-0.2, -0.15) is 0 Å². The second-order valence-electron chi connectivity index (χ2n) is 5.52. The average molecular weight is 331 g/mol. The molecule has 18 heavy (non-hydrogen) atoms. The van der Waals surface area contributed by atoms with Gasteiger partial charge in [-0.25, -0.2) is 0 Å². The molecule has 0 heterocycles. The first-order valence-corrected chi connectivity index (χ1v) is 7.92. The minimum atomic E-state index is 0.319. The van der Waals surface area contributed by atoms with Crippen molar-refractivity contribution in [1.82, 2.24) is 5.32 Å². The van der Waals surface area contributed by atoms with E-state index >= 15 is 0 Å². The molecular weight excluding hydrogens is 310 g/mol. The predicted octanol–water partition coefficient (Wildman–Crippen LogP) is 5.33. The summed E-state index contributed by atoms with van der Waals surface area (Å²) in [7, 11) is 0. The van der Waals surface area contributed by atoms with Crippen LogP contribution in [0.2, 0.25) is 5.02 Å². The monoisotopic (exact) mass is 329 g/mol. The van der Waals surface area contributed by atoms with Crippen LogP contribution in [-0.2, 0) is 0 Å². The summed E-state index contributed by atoms with van der Waals surface area (Å²) in [5, 5.41) is 4.48. The second kappa shape index (κ2) is 5.94. The average Bonchev–Trinajstić information content (AvgIpc) is 3.07. The molecule has 1 saturated carbocycles. The first kappa shape index (κ1) is 14.4. The van der Waals surface area contributed by atoms with Crippen LogP contribution in [-0.4, -0.2) is 6.54 Å². The van der Waals surface area contributed by atoms with Crippen molar-refractivity contribution in [1.29, 1.82) is 0 Å². The lowest BCUT2D eigenvalue weighted by molar-refractivity contribution is 0.397. The molecule has 1 aromatic carbocycles. The summed E-state index contributed by atoms with van der Waals surface area (Å²) >= 11 is 9.72. The fourth-order valence-corrected chi connectivity index (χ4v) is 3.39. The molecule has 0 spiro atoms. The topological polar surface area (TPSA) is 12.0 Å². The molecule has 100 valence electrons. The quantitative estimate of drug-likeness (QED) is 0.743. The number of rotatable bonds is 6. The lowest BCUT2D eigenvalue weighted by Gasteiger charge is -2.21. The maximum absolute atomic E-state index is 6.28. The zero-order chi connectivity index (χ0) is 13.2. The molecule has 0 saturated heterocycles. The summed E-state index contributed by atoms with van der Waals surface area (Å²) in [5.41, 5.74) is 1.78. The van der Waals surface area contributed by atoms with E-state index in [4.69, 9.17) is 11.6 Å². The van der Waals surface area contributed by atoms with Crippen LogP contribution in [0.25, 0.3) is 0 Å². The third kappa shape index (κ3) is 3.49. The number of hydrogen-bond acceptors (Lipinski definition) is 1. The standard InChI is InChI=1S/C15H21BrClN/c1-3-6-15(7-8-15)10-18-11(2)13-5-4-12(16)9-14(13)17/h4-5,9,11,18H,3,6-8,10H2,1-2H3. The summed E-state index contributed by atoms with van der Waals surface area (Å²) in [5.74, 6) is 0. The number of nitrogens with one attached hydrogen (secondary N) is 1. The summed E-state index contributed by atoms with van der Waals surface area (Å²) in [6.45, 7) is 5.58. The zero-order valence-electron chi connectivity index (χ0n) is 11.1. The third-order valence-electron chi connectivity index (χ3n) is 3.95. The van der Waals surface area contributed by atoms with Gasteiger partial charge < -0.3 is 5.32 Å². The van der Waals surface area contributed by atoms with Crippen LogP contribution in [0.5, 0.6) is 0 Å². The van der Waals surface area contributed by atoms with Gasteiger partial charge >= 0.3 is 0 Å². The van der Waals surface area contributed by atoms with Gasteiger partial charge in [-0.05, 0) is 49.3 Å². The van der Waals surface area contributed by atoms with Crippen LogP contribution in [0.15, 0.2) is 22.7 Å². The number of benzene rings is 1. The van der Waals surface area contributed by atoms with E-state index in [1.807, 2.05) is 6.07 Å². The Morgan fingerprint density at radius 1 is 1.44 bits per heavy atom. The molecule has 1 atom stereocenters. The van der Waals surface area contributed by atoms with Crippen molar-refractivity contribution < 1.29 is 0 Å². The fraction of sp³-hybridized carbons (Fsp3) is 0.600. The normalized spacial score (nSPS) is 18.7. The molecule has 0 aromatic heterocycles. The SMILES string of the molecule is CCCC1(CNC(C)c2ccc(Br)cc2Cl)CC1. The van der Waals surface area contributed by atoms with Gasteiger partial charge in [-0.15, -0.1) is 0 Å². The van der Waals surface area contributed by atoms with E-state index in [0.29, 0.717) is 11.5 Å². The molecule has 0 bridgehead atoms. The molecule has 1 N–H and O–H groups in total. The van der Waals surface area contributed by atoms with E-state index in [-0.39, 0.29) is 0 Å². The Bertz CT molecular complexity index is 415. The molecule has 3 heteroatoms. The first-order chi connectivity index (χ1) is 8.56. The lowest BCUT2D eigenvalue weighted by atomic mass is 9.99. The first-order valence-electron chi connectivity index (χ1n) is 6.75. The number of halogens is 2. The smallest absolute Gasteiger partial charge is 0.0464 e. The Morgan fingerprint density at radius 2 is 2.17 bits per heavy atom. The van der Waals surface area contributed by atoms with Gasteiger partial charge in [0.05, 0.1) is 0 Å². The molecule has 1 unspecified atom stereocenters. The molecule has 1 nitrogen and oxygen atoms in total. The Hall–Kier alpha value is -0.0500. The van der Waals surface area contributed by atoms with E-state index in [0.717, 1.165) is 16.0 Å². The highest BCUT2D eigenvalue weighted by Gasteiger charge is 2.41. The van der Waals surface area contributed by atoms with E-state index in [2.05, 4.69) is 47.2 Å². The van der Waals surface area contributed by atoms with E-state index in [9.17, 15) is 0 Å². The summed E-state index contributed by atoms with van der Waals surface area (Å²) in [6, 6.07) is 6.44. The highest BCUT2D eigenvalue weighted by atomic mass is 79.9. The zero-order valence-corrected chi connectivity index (χ0v) is 13.4. The van der Waals surface area contributed by atoms with Crippen molar-refractivity contribution in [3.63, 3.8) is 0 Å². The molecule has 0 radical (unpaired) electrons. The van der Waals surface area contributed by atoms with Gasteiger partial charge in [0.25, 0.3) is 0 Å². The van der Waals surface area contributed by atoms with E-state index in [1.54, 1.807) is 0 Å². The molecule has 1 aliphatic rings. The van der Waals surface area contributed by atoms with Gasteiger partial charge in [0.2, 0.25) is 0 Å². The van der Waals surface area contributed by atoms with Crippen LogP contribution in [0.3, 0.4) is 0 Å². The van der Waals surface area contributed by atoms with Crippen LogP contribution >= 0.6 is 27.5 Å². The highest BCUT2D eigenvalue weighted by molar-refractivity contribution is 9.10. The summed E-state index contributed by atoms with van der Waals surface area (Å²) in [4.78, 5) is 0. The lowest BCUT2D eigenvalue weighted by Crippen LogP contribution is -2.27. The molecule has 2 rings (SSSR count). The predicted molar refractivity (Wildman–Crippen MR) is 82.1 cm³/mol. The molecule has 1 aliphatic carbocycles. The molecule has 0 amide bonds. The Balaban J connectivity index is 1.93. The minimum Gasteiger partial charge on any atom is -0.310 e. The second-order valence-corrected chi connectivity index (χ2v) is 6.84. The maximum Gasteiger partial charge on any atom is 0.0464 e. The van der Waals surface area contributed by atoms with Crippen LogP contribution in [0.1, 0.15) is 51.1 Å². The maximum atomic E-state index is 6.28. The fourth-order valence-electron chi connectivity index (χ4n) is 2.55. The van der Waals surface area contributed by atoms with Gasteiger partial charge in [0, 0.05) is 22.1 Å². The Morgan fingerprint density at radius 3 is 2.72 bits per heavy atom. The highest BCUT2D eigenvalue weighted by Crippen LogP contribution is 2.49. The molecule has 1 aromatic rings. The van der Waals surface area contributed by atoms with Gasteiger partial charge in [-0.1, -0.05) is 46.9 Å². The molecule has 1 fully saturated rings. The van der Waals surface area contributed by atoms with Crippen LogP contribution < -0.4 is 5.32 Å². The van der Waals surface area contributed by atoms with Crippen molar-refractivity contribution in [3.8, 4) is 0 Å². The van der Waals surface area contributed by atoms with E-state index in [1.165, 1.54) is 31.2 Å². The van der Waals surface area contributed by atoms with Crippen molar-refractivity contribution in [2.45, 2.75) is 45.6 Å². The molecular formula is C15H21BrClN. The largest absolute Gasteiger partial charge is 0.310 e. The van der Waals surface area contributed by atoms with Gasteiger partial charge in [0.15, 0.2) is 0 Å². The molecule has 0 aliphatic heterocycles. The minimum absolute atomic E-state index is 0.319. The summed E-state index contributed by atoms with van der Waals surface area (Å²) < 4.78 is 1.04. The van der Waals surface area contributed by atoms with Gasteiger partial charge in [0.1, 0.15) is 0 Å². The van der Waals surface area contributed by atoms with Crippen molar-refractivity contribution in [3.05, 3.63) is 33.3 Å². The van der Waals surface area contributed by atoms with Crippen LogP contribution in [0, 0.1) is 5.41 Å². The van der Waals surface area contributed by atoms with Gasteiger partial charge in [-0.3, -0.25) is 0 Å². The third-order valence-corrected chi connectivity index (χ3v) is 4.77. The van der Waals surface area contributed by atoms with Crippen molar-refractivity contribution in [2.75, 3.05) is 6.54 Å². The Labute approximate surface area is 123 Å².